The van der Waals surface area contributed by atoms with E-state index in [9.17, 15) is 8.42 Å². The average Bonchev–Trinajstić information content (AvgIpc) is 2.17. The van der Waals surface area contributed by atoms with Crippen LogP contribution in [0.2, 0.25) is 0 Å². The molecule has 1 aromatic rings. The Kier molecular flexibility index (Phi) is 3.32. The van der Waals surface area contributed by atoms with Crippen LogP contribution in [0, 0.1) is 11.3 Å². The van der Waals surface area contributed by atoms with Gasteiger partial charge in [-0.2, -0.15) is 5.26 Å². The summed E-state index contributed by atoms with van der Waals surface area (Å²) in [5.74, 6) is 0.430. The second-order valence-electron chi connectivity index (χ2n) is 3.08. The van der Waals surface area contributed by atoms with E-state index in [0.717, 1.165) is 6.26 Å². The predicted octanol–water partition coefficient (Wildman–Crippen LogP) is 1.16. The molecule has 0 unspecified atom stereocenters. The second-order valence-corrected chi connectivity index (χ2v) is 5.10. The van der Waals surface area contributed by atoms with E-state index in [4.69, 9.17) is 10.00 Å². The van der Waals surface area contributed by atoms with Crippen molar-refractivity contribution < 1.29 is 13.2 Å². The van der Waals surface area contributed by atoms with E-state index in [-0.39, 0.29) is 11.3 Å². The number of methoxy groups -OCH3 is 1. The van der Waals surface area contributed by atoms with E-state index >= 15 is 0 Å². The molecule has 15 heavy (non-hydrogen) atoms. The van der Waals surface area contributed by atoms with Gasteiger partial charge in [0.25, 0.3) is 0 Å². The third-order valence-electron chi connectivity index (χ3n) is 1.96. The van der Waals surface area contributed by atoms with Crippen LogP contribution in [0.4, 0.5) is 0 Å². The molecule has 0 aliphatic carbocycles. The number of ether oxygens (including phenoxy) is 1. The Balaban J connectivity index is 3.26. The van der Waals surface area contributed by atoms with Crippen LogP contribution in [0.15, 0.2) is 23.1 Å². The van der Waals surface area contributed by atoms with Gasteiger partial charge in [0.1, 0.15) is 5.75 Å². The SMILES string of the molecule is COc1cc(S(C)(=O)=O)ccc1CC#N. The van der Waals surface area contributed by atoms with Crippen molar-refractivity contribution in [3.8, 4) is 11.8 Å². The average molecular weight is 225 g/mol. The minimum atomic E-state index is -3.23. The smallest absolute Gasteiger partial charge is 0.175 e. The zero-order valence-electron chi connectivity index (χ0n) is 8.52. The van der Waals surface area contributed by atoms with E-state index < -0.39 is 9.84 Å². The Hall–Kier alpha value is -1.54. The van der Waals surface area contributed by atoms with Crippen molar-refractivity contribution >= 4 is 9.84 Å². The summed E-state index contributed by atoms with van der Waals surface area (Å²) in [4.78, 5) is 0.195. The topological polar surface area (TPSA) is 67.2 Å². The van der Waals surface area contributed by atoms with Crippen molar-refractivity contribution in [2.24, 2.45) is 0 Å². The molecule has 0 aromatic heterocycles. The van der Waals surface area contributed by atoms with Crippen LogP contribution in [0.5, 0.6) is 5.75 Å². The molecule has 0 aliphatic rings. The van der Waals surface area contributed by atoms with Gasteiger partial charge in [-0.05, 0) is 12.1 Å². The third-order valence-corrected chi connectivity index (χ3v) is 3.07. The number of nitrogens with zero attached hydrogens (tertiary/aromatic N) is 1. The lowest BCUT2D eigenvalue weighted by molar-refractivity contribution is 0.409. The molecule has 80 valence electrons. The molecule has 0 N–H and O–H groups in total. The Morgan fingerprint density at radius 2 is 2.13 bits per heavy atom. The molecule has 0 amide bonds. The maximum Gasteiger partial charge on any atom is 0.175 e. The van der Waals surface area contributed by atoms with Crippen LogP contribution in [-0.4, -0.2) is 21.8 Å². The molecule has 0 saturated heterocycles. The quantitative estimate of drug-likeness (QED) is 0.774. The van der Waals surface area contributed by atoms with Crippen LogP contribution in [0.3, 0.4) is 0 Å². The van der Waals surface area contributed by atoms with Crippen LogP contribution in [0.1, 0.15) is 5.56 Å². The maximum atomic E-state index is 11.2. The largest absolute Gasteiger partial charge is 0.496 e. The first-order valence-electron chi connectivity index (χ1n) is 4.23. The van der Waals surface area contributed by atoms with Gasteiger partial charge in [-0.1, -0.05) is 6.07 Å². The van der Waals surface area contributed by atoms with E-state index in [0.29, 0.717) is 11.3 Å². The molecule has 5 heteroatoms. The van der Waals surface area contributed by atoms with Gasteiger partial charge in [-0.25, -0.2) is 8.42 Å². The van der Waals surface area contributed by atoms with E-state index in [2.05, 4.69) is 0 Å². The highest BCUT2D eigenvalue weighted by Gasteiger charge is 2.10. The first kappa shape index (κ1) is 11.5. The Bertz CT molecular complexity index is 500. The van der Waals surface area contributed by atoms with Crippen LogP contribution < -0.4 is 4.74 Å². The predicted molar refractivity (Wildman–Crippen MR) is 55.4 cm³/mol. The number of nitriles is 1. The summed E-state index contributed by atoms with van der Waals surface area (Å²) in [5.41, 5.74) is 0.687. The molecule has 0 radical (unpaired) electrons. The summed E-state index contributed by atoms with van der Waals surface area (Å²) in [6.07, 6.45) is 1.33. The first-order chi connectivity index (χ1) is 6.99. The molecule has 0 heterocycles. The molecular formula is C10H11NO3S. The van der Waals surface area contributed by atoms with E-state index in [1.807, 2.05) is 6.07 Å². The van der Waals surface area contributed by atoms with Crippen LogP contribution >= 0.6 is 0 Å². The van der Waals surface area contributed by atoms with Gasteiger partial charge in [-0.3, -0.25) is 0 Å². The molecule has 0 aliphatic heterocycles. The molecule has 0 saturated carbocycles. The number of sulfone groups is 1. The van der Waals surface area contributed by atoms with Crippen molar-refractivity contribution in [3.05, 3.63) is 23.8 Å². The lowest BCUT2D eigenvalue weighted by Gasteiger charge is -2.07. The van der Waals surface area contributed by atoms with Gasteiger partial charge in [0.05, 0.1) is 24.5 Å². The minimum absolute atomic E-state index is 0.195. The summed E-state index contributed by atoms with van der Waals surface area (Å²) >= 11 is 0. The molecule has 0 bridgehead atoms. The lowest BCUT2D eigenvalue weighted by Crippen LogP contribution is -1.99. The van der Waals surface area contributed by atoms with Gasteiger partial charge in [-0.15, -0.1) is 0 Å². The fourth-order valence-corrected chi connectivity index (χ4v) is 1.82. The zero-order chi connectivity index (χ0) is 11.5. The Morgan fingerprint density at radius 1 is 1.47 bits per heavy atom. The van der Waals surface area contributed by atoms with E-state index in [1.54, 1.807) is 6.07 Å². The van der Waals surface area contributed by atoms with Crippen molar-refractivity contribution in [1.82, 2.24) is 0 Å². The van der Waals surface area contributed by atoms with Gasteiger partial charge in [0.2, 0.25) is 0 Å². The molecule has 0 fully saturated rings. The van der Waals surface area contributed by atoms with Crippen molar-refractivity contribution in [3.63, 3.8) is 0 Å². The van der Waals surface area contributed by atoms with Crippen molar-refractivity contribution in [2.45, 2.75) is 11.3 Å². The number of benzene rings is 1. The normalized spacial score (nSPS) is 10.7. The summed E-state index contributed by atoms with van der Waals surface area (Å²) in [5, 5.41) is 8.55. The second kappa shape index (κ2) is 4.32. The Morgan fingerprint density at radius 3 is 2.60 bits per heavy atom. The van der Waals surface area contributed by atoms with Gasteiger partial charge in [0, 0.05) is 11.8 Å². The standard InChI is InChI=1S/C10H11NO3S/c1-14-10-7-9(15(2,12)13)4-3-8(10)5-6-11/h3-4,7H,5H2,1-2H3. The van der Waals surface area contributed by atoms with Crippen LogP contribution in [-0.2, 0) is 16.3 Å². The van der Waals surface area contributed by atoms with Crippen molar-refractivity contribution in [2.75, 3.05) is 13.4 Å². The maximum absolute atomic E-state index is 11.2. The summed E-state index contributed by atoms with van der Waals surface area (Å²) in [6.45, 7) is 0. The third kappa shape index (κ3) is 2.70. The van der Waals surface area contributed by atoms with E-state index in [1.165, 1.54) is 19.2 Å². The number of hydrogen-bond acceptors (Lipinski definition) is 4. The van der Waals surface area contributed by atoms with Gasteiger partial charge < -0.3 is 4.74 Å². The molecule has 4 nitrogen and oxygen atoms in total. The van der Waals surface area contributed by atoms with Crippen molar-refractivity contribution in [1.29, 1.82) is 5.26 Å². The minimum Gasteiger partial charge on any atom is -0.496 e. The highest BCUT2D eigenvalue weighted by Crippen LogP contribution is 2.23. The van der Waals surface area contributed by atoms with Gasteiger partial charge in [0.15, 0.2) is 9.84 Å². The lowest BCUT2D eigenvalue weighted by atomic mass is 10.1. The summed E-state index contributed by atoms with van der Waals surface area (Å²) < 4.78 is 27.5. The first-order valence-corrected chi connectivity index (χ1v) is 6.12. The molecule has 0 atom stereocenters. The summed E-state index contributed by atoms with van der Waals surface area (Å²) in [6, 6.07) is 6.49. The fourth-order valence-electron chi connectivity index (χ4n) is 1.19. The molecule has 1 aromatic carbocycles. The zero-order valence-corrected chi connectivity index (χ0v) is 9.34. The number of rotatable bonds is 3. The highest BCUT2D eigenvalue weighted by molar-refractivity contribution is 7.90. The monoisotopic (exact) mass is 225 g/mol. The molecular weight excluding hydrogens is 214 g/mol. The van der Waals surface area contributed by atoms with Crippen LogP contribution in [0.25, 0.3) is 0 Å². The summed E-state index contributed by atoms with van der Waals surface area (Å²) in [7, 11) is -1.78. The van der Waals surface area contributed by atoms with Gasteiger partial charge >= 0.3 is 0 Å². The number of hydrogen-bond donors (Lipinski definition) is 0. The highest BCUT2D eigenvalue weighted by atomic mass is 32.2. The molecule has 1 rings (SSSR count). The molecule has 0 spiro atoms. The Labute approximate surface area is 89.0 Å². The fraction of sp³-hybridized carbons (Fsp3) is 0.300.